The van der Waals surface area contributed by atoms with E-state index in [2.05, 4.69) is 69.4 Å². The Morgan fingerprint density at radius 1 is 0.256 bits per heavy atom. The molecule has 0 fully saturated rings. The Morgan fingerprint density at radius 2 is 0.462 bits per heavy atom. The molecule has 6 heteroatoms. The molecular weight excluding hydrogens is 961 g/mol. The molecule has 1 atom stereocenters. The van der Waals surface area contributed by atoms with Crippen LogP contribution in [-0.4, -0.2) is 37.2 Å². The number of carbonyl (C=O) groups is 3. The van der Waals surface area contributed by atoms with Crippen LogP contribution in [0.1, 0.15) is 374 Å². The van der Waals surface area contributed by atoms with Crippen molar-refractivity contribution >= 4 is 17.9 Å². The number of hydrogen-bond acceptors (Lipinski definition) is 6. The highest BCUT2D eigenvalue weighted by Gasteiger charge is 2.19. The van der Waals surface area contributed by atoms with E-state index in [9.17, 15) is 14.4 Å². The lowest BCUT2D eigenvalue weighted by atomic mass is 10.0. The SMILES string of the molecule is CCCCCCC/C=C\C/C=C\C/C=C\CCCCCCCCCCCCCCCCCCC(=O)OCC(COC(=O)CCCCCCCCCCCC)OC(=O)CCCCCCCCCCC/C=C\CCCCCCCC. The minimum absolute atomic E-state index is 0.0688. The molecule has 0 aromatic heterocycles. The summed E-state index contributed by atoms with van der Waals surface area (Å²) in [6.07, 6.45) is 84.3. The Balaban J connectivity index is 4.12. The van der Waals surface area contributed by atoms with Crippen molar-refractivity contribution in [1.29, 1.82) is 0 Å². The van der Waals surface area contributed by atoms with Gasteiger partial charge in [0, 0.05) is 19.3 Å². The highest BCUT2D eigenvalue weighted by atomic mass is 16.6. The van der Waals surface area contributed by atoms with Gasteiger partial charge in [-0.3, -0.25) is 14.4 Å². The van der Waals surface area contributed by atoms with Crippen molar-refractivity contribution in [3.05, 3.63) is 48.6 Å². The average molecular weight is 1090 g/mol. The van der Waals surface area contributed by atoms with E-state index in [0.717, 1.165) is 70.6 Å². The lowest BCUT2D eigenvalue weighted by molar-refractivity contribution is -0.167. The van der Waals surface area contributed by atoms with E-state index in [4.69, 9.17) is 14.2 Å². The summed E-state index contributed by atoms with van der Waals surface area (Å²) in [5, 5.41) is 0. The van der Waals surface area contributed by atoms with Gasteiger partial charge >= 0.3 is 17.9 Å². The smallest absolute Gasteiger partial charge is 0.306 e. The Labute approximate surface area is 486 Å². The summed E-state index contributed by atoms with van der Waals surface area (Å²) in [5.41, 5.74) is 0. The molecule has 6 nitrogen and oxygen atoms in total. The average Bonchev–Trinajstić information content (AvgIpc) is 3.44. The summed E-state index contributed by atoms with van der Waals surface area (Å²) in [6, 6.07) is 0. The molecule has 0 saturated heterocycles. The number of ether oxygens (including phenoxy) is 3. The van der Waals surface area contributed by atoms with Gasteiger partial charge in [0.2, 0.25) is 0 Å². The highest BCUT2D eigenvalue weighted by molar-refractivity contribution is 5.71. The second-order valence-electron chi connectivity index (χ2n) is 23.4. The monoisotopic (exact) mass is 1090 g/mol. The van der Waals surface area contributed by atoms with Crippen LogP contribution in [0.15, 0.2) is 48.6 Å². The van der Waals surface area contributed by atoms with Crippen LogP contribution in [0.5, 0.6) is 0 Å². The summed E-state index contributed by atoms with van der Waals surface area (Å²) in [4.78, 5) is 38.3. The predicted octanol–water partition coefficient (Wildman–Crippen LogP) is 23.7. The van der Waals surface area contributed by atoms with E-state index < -0.39 is 6.10 Å². The van der Waals surface area contributed by atoms with Crippen LogP contribution >= 0.6 is 0 Å². The molecule has 0 aromatic carbocycles. The fraction of sp³-hybridized carbons (Fsp3) is 0.847. The van der Waals surface area contributed by atoms with Crippen molar-refractivity contribution < 1.29 is 28.6 Å². The van der Waals surface area contributed by atoms with Crippen molar-refractivity contribution in [2.24, 2.45) is 0 Å². The van der Waals surface area contributed by atoms with Gasteiger partial charge in [-0.25, -0.2) is 0 Å². The van der Waals surface area contributed by atoms with E-state index in [1.807, 2.05) is 0 Å². The fourth-order valence-corrected chi connectivity index (χ4v) is 10.3. The third-order valence-electron chi connectivity index (χ3n) is 15.6. The second kappa shape index (κ2) is 66.9. The Hall–Kier alpha value is -2.63. The van der Waals surface area contributed by atoms with Crippen molar-refractivity contribution in [3.8, 4) is 0 Å². The molecule has 0 N–H and O–H groups in total. The van der Waals surface area contributed by atoms with Gasteiger partial charge in [0.05, 0.1) is 0 Å². The molecule has 0 aromatic rings. The molecule has 0 radical (unpaired) electrons. The summed E-state index contributed by atoms with van der Waals surface area (Å²) in [5.74, 6) is -0.849. The van der Waals surface area contributed by atoms with Gasteiger partial charge in [0.25, 0.3) is 0 Å². The number of esters is 3. The lowest BCUT2D eigenvalue weighted by Crippen LogP contribution is -2.30. The van der Waals surface area contributed by atoms with E-state index in [0.29, 0.717) is 19.3 Å². The minimum atomic E-state index is -0.771. The van der Waals surface area contributed by atoms with Crippen LogP contribution in [-0.2, 0) is 28.6 Å². The van der Waals surface area contributed by atoms with Gasteiger partial charge in [0.1, 0.15) is 13.2 Å². The third kappa shape index (κ3) is 64.2. The number of carbonyl (C=O) groups excluding carboxylic acids is 3. The molecule has 0 rings (SSSR count). The molecule has 0 aliphatic rings. The Morgan fingerprint density at radius 3 is 0.731 bits per heavy atom. The van der Waals surface area contributed by atoms with Crippen molar-refractivity contribution in [2.45, 2.75) is 380 Å². The van der Waals surface area contributed by atoms with Crippen molar-refractivity contribution in [1.82, 2.24) is 0 Å². The number of unbranched alkanes of at least 4 members (excludes halogenated alkanes) is 45. The maximum absolute atomic E-state index is 12.9. The van der Waals surface area contributed by atoms with Gasteiger partial charge in [-0.2, -0.15) is 0 Å². The topological polar surface area (TPSA) is 78.9 Å². The molecular formula is C72H132O6. The number of hydrogen-bond donors (Lipinski definition) is 0. The normalized spacial score (nSPS) is 12.3. The first-order valence-corrected chi connectivity index (χ1v) is 34.6. The van der Waals surface area contributed by atoms with Crippen LogP contribution in [0.3, 0.4) is 0 Å². The zero-order valence-corrected chi connectivity index (χ0v) is 52.5. The maximum atomic E-state index is 12.9. The van der Waals surface area contributed by atoms with Crippen molar-refractivity contribution in [3.63, 3.8) is 0 Å². The molecule has 0 aliphatic carbocycles. The largest absolute Gasteiger partial charge is 0.462 e. The maximum Gasteiger partial charge on any atom is 0.306 e. The summed E-state index contributed by atoms with van der Waals surface area (Å²) < 4.78 is 16.9. The van der Waals surface area contributed by atoms with Crippen LogP contribution < -0.4 is 0 Å². The van der Waals surface area contributed by atoms with E-state index in [-0.39, 0.29) is 31.1 Å². The number of allylic oxidation sites excluding steroid dienone is 8. The first-order chi connectivity index (χ1) is 38.5. The first-order valence-electron chi connectivity index (χ1n) is 34.6. The Bertz CT molecular complexity index is 1350. The zero-order chi connectivity index (χ0) is 56.4. The first kappa shape index (κ1) is 75.4. The second-order valence-corrected chi connectivity index (χ2v) is 23.4. The molecule has 456 valence electrons. The number of rotatable bonds is 64. The third-order valence-corrected chi connectivity index (χ3v) is 15.6. The summed E-state index contributed by atoms with van der Waals surface area (Å²) in [7, 11) is 0. The fourth-order valence-electron chi connectivity index (χ4n) is 10.3. The van der Waals surface area contributed by atoms with Gasteiger partial charge < -0.3 is 14.2 Å². The van der Waals surface area contributed by atoms with Gasteiger partial charge in [-0.05, 0) is 83.5 Å². The molecule has 0 amide bonds. The van der Waals surface area contributed by atoms with E-state index >= 15 is 0 Å². The lowest BCUT2D eigenvalue weighted by Gasteiger charge is -2.18. The van der Waals surface area contributed by atoms with Gasteiger partial charge in [-0.15, -0.1) is 0 Å². The molecule has 1 unspecified atom stereocenters. The van der Waals surface area contributed by atoms with Crippen LogP contribution in [0.4, 0.5) is 0 Å². The molecule has 0 heterocycles. The summed E-state index contributed by atoms with van der Waals surface area (Å²) in [6.45, 7) is 6.67. The molecule has 78 heavy (non-hydrogen) atoms. The quantitative estimate of drug-likeness (QED) is 0.0261. The Kier molecular flexibility index (Phi) is 64.6. The summed E-state index contributed by atoms with van der Waals surface area (Å²) >= 11 is 0. The van der Waals surface area contributed by atoms with Crippen LogP contribution in [0, 0.1) is 0 Å². The predicted molar refractivity (Wildman–Crippen MR) is 339 cm³/mol. The van der Waals surface area contributed by atoms with Crippen molar-refractivity contribution in [2.75, 3.05) is 13.2 Å². The van der Waals surface area contributed by atoms with Crippen LogP contribution in [0.2, 0.25) is 0 Å². The van der Waals surface area contributed by atoms with Crippen LogP contribution in [0.25, 0.3) is 0 Å². The molecule has 0 saturated carbocycles. The standard InChI is InChI=1S/C72H132O6/c1-4-7-10-13-16-19-22-24-26-28-30-31-32-33-34-35-36-37-38-39-40-41-43-44-46-48-50-53-56-59-62-65-71(74)77-68-69(67-76-70(73)64-61-58-55-52-21-18-15-12-9-6-3)78-72(75)66-63-60-57-54-51-49-47-45-42-29-27-25-23-20-17-14-11-8-5-2/h22,24-25,27-28,30,32-33,69H,4-21,23,26,29,31,34-68H2,1-3H3/b24-22-,27-25-,30-28-,33-32-. The van der Waals surface area contributed by atoms with Gasteiger partial charge in [-0.1, -0.05) is 320 Å². The minimum Gasteiger partial charge on any atom is -0.462 e. The highest BCUT2D eigenvalue weighted by Crippen LogP contribution is 2.18. The van der Waals surface area contributed by atoms with E-state index in [1.165, 1.54) is 263 Å². The molecule has 0 aliphatic heterocycles. The molecule has 0 spiro atoms. The zero-order valence-electron chi connectivity index (χ0n) is 52.5. The van der Waals surface area contributed by atoms with Gasteiger partial charge in [0.15, 0.2) is 6.10 Å². The van der Waals surface area contributed by atoms with E-state index in [1.54, 1.807) is 0 Å². The molecule has 0 bridgehead atoms.